The van der Waals surface area contributed by atoms with Crippen molar-refractivity contribution < 1.29 is 62.2 Å². The monoisotopic (exact) mass is 511 g/mol. The van der Waals surface area contributed by atoms with Crippen LogP contribution in [0.4, 0.5) is 52.7 Å². The van der Waals surface area contributed by atoms with Crippen LogP contribution in [0.2, 0.25) is 19.6 Å². The molecule has 0 radical (unpaired) electrons. The number of carbonyl (C=O) groups is 1. The van der Waals surface area contributed by atoms with Gasteiger partial charge in [0.15, 0.2) is 10.5 Å². The summed E-state index contributed by atoms with van der Waals surface area (Å²) < 4.78 is 157. The number of hydrogen-bond donors (Lipinski definition) is 0. The maximum absolute atomic E-state index is 13.9. The van der Waals surface area contributed by atoms with Gasteiger partial charge in [-0.15, -0.1) is 8.78 Å². The van der Waals surface area contributed by atoms with Gasteiger partial charge in [0.05, 0.1) is 8.07 Å². The van der Waals surface area contributed by atoms with Gasteiger partial charge in [-0.3, -0.25) is 0 Å². The van der Waals surface area contributed by atoms with Gasteiger partial charge in [0.1, 0.15) is 0 Å². The molecule has 0 aromatic carbocycles. The highest BCUT2D eigenvalue weighted by Gasteiger charge is 2.93. The number of aromatic nitrogens is 1. The zero-order valence-corrected chi connectivity index (χ0v) is 17.5. The van der Waals surface area contributed by atoms with Crippen LogP contribution in [0.5, 0.6) is 0 Å². The highest BCUT2D eigenvalue weighted by atomic mass is 28.3. The quantitative estimate of drug-likeness (QED) is 0.216. The van der Waals surface area contributed by atoms with E-state index in [1.165, 1.54) is 0 Å². The second-order valence-electron chi connectivity index (χ2n) is 7.70. The molecule has 1 aromatic heterocycles. The summed E-state index contributed by atoms with van der Waals surface area (Å²) in [5, 5.41) is 0.290. The Balaban J connectivity index is 3.52. The van der Waals surface area contributed by atoms with Crippen molar-refractivity contribution in [2.45, 2.75) is 55.8 Å². The summed E-state index contributed by atoms with van der Waals surface area (Å²) >= 11 is 0. The first-order chi connectivity index (χ1) is 13.9. The van der Waals surface area contributed by atoms with E-state index in [2.05, 4.69) is 0 Å². The van der Waals surface area contributed by atoms with E-state index in [9.17, 15) is 62.4 Å². The first kappa shape index (κ1) is 28.0. The number of amides is 1. The molecule has 0 aliphatic rings. The summed E-state index contributed by atoms with van der Waals surface area (Å²) in [6, 6.07) is -5.24. The normalized spacial score (nSPS) is 14.8. The standard InChI is InChI=1S/C15H15F12N2O2Si/c1-28-7(5-6-8(28)32(2,3)4)9(30)29(31)15(26,27)14(24,25)13(22,23)12(20,21)11(18,19)10(16)17/h5-6,10H,1-4H3/q+1. The largest absolute Gasteiger partial charge is 0.582 e. The summed E-state index contributed by atoms with van der Waals surface area (Å²) in [5.74, 6) is -33.1. The van der Waals surface area contributed by atoms with Crippen LogP contribution in [0, 0.1) is 4.91 Å². The second kappa shape index (κ2) is 7.76. The number of halogens is 12. The zero-order valence-electron chi connectivity index (χ0n) is 16.5. The summed E-state index contributed by atoms with van der Waals surface area (Å²) in [6.07, 6.45) is -5.67. The fraction of sp³-hybridized carbons (Fsp3) is 0.667. The maximum Gasteiger partial charge on any atom is 0.582 e. The molecule has 1 aromatic rings. The van der Waals surface area contributed by atoms with Crippen LogP contribution in [0.3, 0.4) is 0 Å². The highest BCUT2D eigenvalue weighted by Crippen LogP contribution is 2.58. The fourth-order valence-electron chi connectivity index (χ4n) is 2.57. The molecular formula is C15H15F12N2O2Si+. The van der Waals surface area contributed by atoms with E-state index in [0.717, 1.165) is 17.7 Å². The van der Waals surface area contributed by atoms with Gasteiger partial charge in [0.2, 0.25) is 0 Å². The maximum atomic E-state index is 13.9. The molecule has 0 aliphatic heterocycles. The summed E-state index contributed by atoms with van der Waals surface area (Å²) in [4.78, 5) is 23.6. The van der Waals surface area contributed by atoms with E-state index in [1.807, 2.05) is 0 Å². The SMILES string of the molecule is Cn1c(C(=O)[N+](=O)C(F)(F)C(F)(F)C(F)(F)C(F)(F)C(F)(F)C(F)F)ccc1[Si](C)(C)C. The second-order valence-corrected chi connectivity index (χ2v) is 12.7. The van der Waals surface area contributed by atoms with Gasteiger partial charge in [-0.25, -0.2) is 13.6 Å². The molecule has 0 unspecified atom stereocenters. The van der Waals surface area contributed by atoms with Crippen LogP contribution in [0.15, 0.2) is 12.1 Å². The Morgan fingerprint density at radius 3 is 1.66 bits per heavy atom. The van der Waals surface area contributed by atoms with Crippen LogP contribution in [0.25, 0.3) is 0 Å². The number of hydrogen-bond acceptors (Lipinski definition) is 2. The van der Waals surface area contributed by atoms with Crippen molar-refractivity contribution >= 4 is 19.3 Å². The molecule has 0 bridgehead atoms. The third-order valence-corrected chi connectivity index (χ3v) is 6.45. The lowest BCUT2D eigenvalue weighted by Crippen LogP contribution is -2.70. The Labute approximate surface area is 172 Å². The molecule has 0 N–H and O–H groups in total. The Kier molecular flexibility index (Phi) is 6.78. The lowest BCUT2D eigenvalue weighted by Gasteiger charge is -2.35. The smallest absolute Gasteiger partial charge is 0.344 e. The van der Waals surface area contributed by atoms with Crippen LogP contribution >= 0.6 is 0 Å². The topological polar surface area (TPSA) is 42.1 Å². The van der Waals surface area contributed by atoms with Gasteiger partial charge >= 0.3 is 42.1 Å². The van der Waals surface area contributed by atoms with Crippen molar-refractivity contribution in [2.75, 3.05) is 0 Å². The molecule has 32 heavy (non-hydrogen) atoms. The van der Waals surface area contributed by atoms with Gasteiger partial charge in [-0.2, -0.15) is 35.1 Å². The molecule has 0 atom stereocenters. The number of carbonyl (C=O) groups excluding carboxylic acids is 1. The minimum atomic E-state index is -7.90. The molecule has 17 heteroatoms. The van der Waals surface area contributed by atoms with Crippen molar-refractivity contribution in [1.82, 2.24) is 4.57 Å². The summed E-state index contributed by atoms with van der Waals surface area (Å²) in [6.45, 7) is 5.00. The van der Waals surface area contributed by atoms with Crippen LogP contribution < -0.4 is 5.32 Å². The van der Waals surface area contributed by atoms with Crippen molar-refractivity contribution in [3.63, 3.8) is 0 Å². The summed E-state index contributed by atoms with van der Waals surface area (Å²) in [7, 11) is -1.30. The molecule has 1 rings (SSSR count). The Morgan fingerprint density at radius 1 is 0.875 bits per heavy atom. The van der Waals surface area contributed by atoms with E-state index < -0.39 is 60.6 Å². The number of nitrogens with zero attached hydrogens (tertiary/aromatic N) is 2. The number of alkyl halides is 12. The van der Waals surface area contributed by atoms with Gasteiger partial charge in [-0.05, 0) is 12.1 Å². The van der Waals surface area contributed by atoms with E-state index >= 15 is 0 Å². The van der Waals surface area contributed by atoms with Crippen LogP contribution in [-0.2, 0) is 7.05 Å². The molecule has 1 amide bonds. The molecule has 0 saturated carbocycles. The van der Waals surface area contributed by atoms with E-state index in [4.69, 9.17) is 0 Å². The third kappa shape index (κ3) is 3.81. The predicted octanol–water partition coefficient (Wildman–Crippen LogP) is 4.89. The molecule has 0 saturated heterocycles. The van der Waals surface area contributed by atoms with Gasteiger partial charge < -0.3 is 4.57 Å². The molecule has 1 heterocycles. The van der Waals surface area contributed by atoms with Crippen molar-refractivity contribution in [3.05, 3.63) is 22.7 Å². The average Bonchev–Trinajstić information content (AvgIpc) is 3.01. The van der Waals surface area contributed by atoms with E-state index in [-0.39, 0.29) is 5.32 Å². The molecule has 4 nitrogen and oxygen atoms in total. The third-order valence-electron chi connectivity index (χ3n) is 4.41. The Morgan fingerprint density at radius 2 is 1.31 bits per heavy atom. The van der Waals surface area contributed by atoms with Crippen molar-refractivity contribution in [1.29, 1.82) is 0 Å². The van der Waals surface area contributed by atoms with Gasteiger partial charge in [0, 0.05) is 17.3 Å². The summed E-state index contributed by atoms with van der Waals surface area (Å²) in [5.41, 5.74) is -1.04. The number of nitroso groups, excluding NO2 is 1. The molecule has 0 spiro atoms. The van der Waals surface area contributed by atoms with Crippen molar-refractivity contribution in [2.24, 2.45) is 7.05 Å². The van der Waals surface area contributed by atoms with E-state index in [1.54, 1.807) is 19.6 Å². The number of rotatable bonds is 8. The molecule has 184 valence electrons. The molecule has 0 aliphatic carbocycles. The fourth-order valence-corrected chi connectivity index (χ4v) is 4.28. The Hall–Kier alpha value is -2.07. The zero-order chi connectivity index (χ0) is 25.9. The highest BCUT2D eigenvalue weighted by molar-refractivity contribution is 6.88. The lowest BCUT2D eigenvalue weighted by molar-refractivity contribution is -0.666. The van der Waals surface area contributed by atoms with Gasteiger partial charge in [-0.1, -0.05) is 19.6 Å². The molecule has 0 fully saturated rings. The average molecular weight is 511 g/mol. The predicted molar refractivity (Wildman–Crippen MR) is 87.1 cm³/mol. The first-order valence-electron chi connectivity index (χ1n) is 8.25. The van der Waals surface area contributed by atoms with Gasteiger partial charge in [0.25, 0.3) is 0 Å². The van der Waals surface area contributed by atoms with Crippen LogP contribution in [0.1, 0.15) is 10.5 Å². The Bertz CT molecular complexity index is 905. The first-order valence-corrected chi connectivity index (χ1v) is 11.8. The van der Waals surface area contributed by atoms with Crippen molar-refractivity contribution in [3.8, 4) is 0 Å². The molecular weight excluding hydrogens is 496 g/mol. The van der Waals surface area contributed by atoms with Crippen LogP contribution in [-0.4, -0.2) is 59.5 Å². The lowest BCUT2D eigenvalue weighted by atomic mass is 9.97. The minimum Gasteiger partial charge on any atom is -0.344 e. The van der Waals surface area contributed by atoms with E-state index in [0.29, 0.717) is 6.07 Å². The minimum absolute atomic E-state index is 0.290.